The van der Waals surface area contributed by atoms with Crippen LogP contribution in [0, 0.1) is 11.3 Å². The minimum Gasteiger partial charge on any atom is -0.363 e. The molecule has 0 spiro atoms. The highest BCUT2D eigenvalue weighted by atomic mass is 32.2. The summed E-state index contributed by atoms with van der Waals surface area (Å²) in [5.74, 6) is -1.57. The number of nitrogens with two attached hydrogens (primary N) is 1. The molecule has 3 rings (SSSR count). The highest BCUT2D eigenvalue weighted by Crippen LogP contribution is 2.34. The first-order valence-corrected chi connectivity index (χ1v) is 15.3. The molecule has 3 fully saturated rings. The SMILES string of the molecule is CSCC1(NC(=O)NC(C(=O)N2CCC[C@H]2C(=O)NC(CC2CC2)C(=O)C(N)=O)C(C)(C)C)CCCCC1. The van der Waals surface area contributed by atoms with Crippen molar-refractivity contribution in [1.29, 1.82) is 0 Å². The summed E-state index contributed by atoms with van der Waals surface area (Å²) in [6.07, 6.45) is 10.5. The summed E-state index contributed by atoms with van der Waals surface area (Å²) in [5.41, 5.74) is 4.33. The third-order valence-electron chi connectivity index (χ3n) is 7.98. The van der Waals surface area contributed by atoms with Crippen molar-refractivity contribution in [3.63, 3.8) is 0 Å². The molecule has 5 N–H and O–H groups in total. The van der Waals surface area contributed by atoms with E-state index in [1.54, 1.807) is 11.8 Å². The predicted octanol–water partition coefficient (Wildman–Crippen LogP) is 2.10. The molecule has 0 aromatic heterocycles. The Morgan fingerprint density at radius 1 is 1.00 bits per heavy atom. The highest BCUT2D eigenvalue weighted by Gasteiger charge is 2.44. The number of thioether (sulfide) groups is 1. The monoisotopic (exact) mass is 551 g/mol. The van der Waals surface area contributed by atoms with Gasteiger partial charge in [-0.05, 0) is 49.7 Å². The lowest BCUT2D eigenvalue weighted by atomic mass is 9.83. The van der Waals surface area contributed by atoms with E-state index in [1.165, 1.54) is 4.90 Å². The predicted molar refractivity (Wildman–Crippen MR) is 147 cm³/mol. The highest BCUT2D eigenvalue weighted by molar-refractivity contribution is 7.98. The molecule has 5 amide bonds. The number of rotatable bonds is 11. The van der Waals surface area contributed by atoms with Crippen LogP contribution in [-0.4, -0.2) is 76.7 Å². The second-order valence-electron chi connectivity index (χ2n) is 12.3. The van der Waals surface area contributed by atoms with Gasteiger partial charge in [0.1, 0.15) is 12.1 Å². The van der Waals surface area contributed by atoms with E-state index >= 15 is 0 Å². The van der Waals surface area contributed by atoms with Crippen molar-refractivity contribution in [3.8, 4) is 0 Å². The number of carbonyl (C=O) groups excluding carboxylic acids is 5. The number of nitrogens with one attached hydrogen (secondary N) is 3. The summed E-state index contributed by atoms with van der Waals surface area (Å²) in [4.78, 5) is 65.7. The van der Waals surface area contributed by atoms with Crippen molar-refractivity contribution in [3.05, 3.63) is 0 Å². The zero-order valence-corrected chi connectivity index (χ0v) is 24.1. The average molecular weight is 552 g/mol. The fourth-order valence-electron chi connectivity index (χ4n) is 5.69. The van der Waals surface area contributed by atoms with Gasteiger partial charge in [-0.3, -0.25) is 19.2 Å². The van der Waals surface area contributed by atoms with Crippen LogP contribution in [0.25, 0.3) is 0 Å². The molecule has 38 heavy (non-hydrogen) atoms. The van der Waals surface area contributed by atoms with Crippen molar-refractivity contribution in [2.45, 2.75) is 109 Å². The van der Waals surface area contributed by atoms with E-state index in [1.807, 2.05) is 27.0 Å². The van der Waals surface area contributed by atoms with Gasteiger partial charge in [0.15, 0.2) is 0 Å². The zero-order chi connectivity index (χ0) is 28.1. The van der Waals surface area contributed by atoms with Gasteiger partial charge in [-0.25, -0.2) is 4.79 Å². The van der Waals surface area contributed by atoms with Crippen LogP contribution < -0.4 is 21.7 Å². The first kappa shape index (κ1) is 30.2. The molecule has 11 heteroatoms. The quantitative estimate of drug-likeness (QED) is 0.289. The van der Waals surface area contributed by atoms with Crippen LogP contribution in [0.15, 0.2) is 0 Å². The van der Waals surface area contributed by atoms with Crippen LogP contribution >= 0.6 is 11.8 Å². The van der Waals surface area contributed by atoms with Gasteiger partial charge < -0.3 is 26.6 Å². The van der Waals surface area contributed by atoms with Crippen molar-refractivity contribution >= 4 is 41.3 Å². The van der Waals surface area contributed by atoms with Crippen LogP contribution in [0.4, 0.5) is 4.79 Å². The number of carbonyl (C=O) groups is 5. The van der Waals surface area contributed by atoms with Crippen molar-refractivity contribution in [2.24, 2.45) is 17.1 Å². The van der Waals surface area contributed by atoms with Crippen molar-refractivity contribution in [2.75, 3.05) is 18.6 Å². The lowest BCUT2D eigenvalue weighted by Gasteiger charge is -2.40. The molecular formula is C27H45N5O5S. The zero-order valence-electron chi connectivity index (χ0n) is 23.3. The molecule has 2 unspecified atom stereocenters. The number of amides is 5. The van der Waals surface area contributed by atoms with E-state index in [9.17, 15) is 24.0 Å². The Labute approximate surface area is 230 Å². The first-order valence-electron chi connectivity index (χ1n) is 13.9. The molecule has 214 valence electrons. The minimum atomic E-state index is -1.07. The molecule has 1 aliphatic heterocycles. The Morgan fingerprint density at radius 2 is 1.66 bits per heavy atom. The van der Waals surface area contributed by atoms with Crippen LogP contribution in [-0.2, 0) is 19.2 Å². The summed E-state index contributed by atoms with van der Waals surface area (Å²) in [6, 6.07) is -2.97. The first-order chi connectivity index (χ1) is 17.9. The van der Waals surface area contributed by atoms with Crippen molar-refractivity contribution < 1.29 is 24.0 Å². The minimum absolute atomic E-state index is 0.285. The average Bonchev–Trinajstić information content (AvgIpc) is 3.52. The molecular weight excluding hydrogens is 506 g/mol. The molecule has 2 saturated carbocycles. The van der Waals surface area contributed by atoms with Gasteiger partial charge in [-0.2, -0.15) is 11.8 Å². The molecule has 0 bridgehead atoms. The lowest BCUT2D eigenvalue weighted by molar-refractivity contribution is -0.143. The Hall–Kier alpha value is -2.30. The summed E-state index contributed by atoms with van der Waals surface area (Å²) < 4.78 is 0. The van der Waals surface area contributed by atoms with Gasteiger partial charge in [0.2, 0.25) is 17.6 Å². The molecule has 2 aliphatic carbocycles. The number of primary amides is 1. The van der Waals surface area contributed by atoms with Gasteiger partial charge in [0.05, 0.1) is 11.6 Å². The van der Waals surface area contributed by atoms with E-state index in [2.05, 4.69) is 16.0 Å². The van der Waals surface area contributed by atoms with Crippen LogP contribution in [0.1, 0.15) is 85.0 Å². The fourth-order valence-corrected chi connectivity index (χ4v) is 6.61. The molecule has 0 aromatic carbocycles. The lowest BCUT2D eigenvalue weighted by Crippen LogP contribution is -2.62. The number of ketones is 1. The third-order valence-corrected chi connectivity index (χ3v) is 8.82. The number of hydrogen-bond acceptors (Lipinski definition) is 6. The maximum atomic E-state index is 13.8. The molecule has 1 saturated heterocycles. The molecule has 1 heterocycles. The standard InChI is InChI=1S/C27H45N5O5S/c1-26(2,3)21(30-25(37)31-27(16-38-4)12-6-5-7-13-27)24(36)32-14-8-9-19(32)23(35)29-18(15-17-10-11-17)20(33)22(28)34/h17-19,21H,5-16H2,1-4H3,(H2,28,34)(H,29,35)(H2,30,31,37)/t18?,19-,21?/m0/s1. The second-order valence-corrected chi connectivity index (χ2v) is 13.2. The van der Waals surface area contributed by atoms with E-state index in [4.69, 9.17) is 5.73 Å². The maximum absolute atomic E-state index is 13.8. The summed E-state index contributed by atoms with van der Waals surface area (Å²) in [5, 5.41) is 8.82. The van der Waals surface area contributed by atoms with Gasteiger partial charge >= 0.3 is 6.03 Å². The topological polar surface area (TPSA) is 151 Å². The number of urea groups is 1. The largest absolute Gasteiger partial charge is 0.363 e. The summed E-state index contributed by atoms with van der Waals surface area (Å²) >= 11 is 1.70. The normalized spacial score (nSPS) is 22.7. The summed E-state index contributed by atoms with van der Waals surface area (Å²) in [7, 11) is 0. The Bertz CT molecular complexity index is 905. The third kappa shape index (κ3) is 7.86. The number of Topliss-reactive ketones (excluding diaryl/α,β-unsaturated/α-hetero) is 1. The molecule has 0 radical (unpaired) electrons. The number of hydrogen-bond donors (Lipinski definition) is 4. The summed E-state index contributed by atoms with van der Waals surface area (Å²) in [6.45, 7) is 6.03. The Morgan fingerprint density at radius 3 is 2.21 bits per heavy atom. The second kappa shape index (κ2) is 12.7. The molecule has 3 aliphatic rings. The fraction of sp³-hybridized carbons (Fsp3) is 0.815. The van der Waals surface area contributed by atoms with Crippen LogP contribution in [0.2, 0.25) is 0 Å². The van der Waals surface area contributed by atoms with E-state index in [0.29, 0.717) is 25.8 Å². The van der Waals surface area contributed by atoms with Gasteiger partial charge in [0, 0.05) is 12.3 Å². The number of nitrogens with zero attached hydrogens (tertiary/aromatic N) is 1. The molecule has 0 aromatic rings. The Kier molecular flexibility index (Phi) is 10.1. The smallest absolute Gasteiger partial charge is 0.315 e. The van der Waals surface area contributed by atoms with Gasteiger partial charge in [-0.15, -0.1) is 0 Å². The van der Waals surface area contributed by atoms with Gasteiger partial charge in [-0.1, -0.05) is 52.9 Å². The van der Waals surface area contributed by atoms with Crippen LogP contribution in [0.5, 0.6) is 0 Å². The van der Waals surface area contributed by atoms with E-state index in [0.717, 1.165) is 50.7 Å². The molecule has 3 atom stereocenters. The number of likely N-dealkylation sites (tertiary alicyclic amines) is 1. The van der Waals surface area contributed by atoms with E-state index in [-0.39, 0.29) is 23.4 Å². The van der Waals surface area contributed by atoms with Crippen LogP contribution in [0.3, 0.4) is 0 Å². The Balaban J connectivity index is 1.70. The van der Waals surface area contributed by atoms with E-state index < -0.39 is 41.1 Å². The van der Waals surface area contributed by atoms with Gasteiger partial charge in [0.25, 0.3) is 5.91 Å². The maximum Gasteiger partial charge on any atom is 0.315 e. The van der Waals surface area contributed by atoms with Crippen molar-refractivity contribution in [1.82, 2.24) is 20.9 Å². The molecule has 10 nitrogen and oxygen atoms in total.